The summed E-state index contributed by atoms with van der Waals surface area (Å²) in [4.78, 5) is 2.35. The number of ether oxygens (including phenoxy) is 1. The Morgan fingerprint density at radius 3 is 2.36 bits per heavy atom. The smallest absolute Gasteiger partial charge is 0.108 e. The van der Waals surface area contributed by atoms with Crippen LogP contribution < -0.4 is 0 Å². The number of benzene rings is 2. The highest BCUT2D eigenvalue weighted by Crippen LogP contribution is 2.28. The molecule has 3 rings (SSSR count). The first-order valence-corrected chi connectivity index (χ1v) is 9.36. The predicted octanol–water partition coefficient (Wildman–Crippen LogP) is 3.95. The van der Waals surface area contributed by atoms with Crippen molar-refractivity contribution >= 4 is 0 Å². The van der Waals surface area contributed by atoms with Crippen molar-refractivity contribution in [3.63, 3.8) is 0 Å². The van der Waals surface area contributed by atoms with Crippen molar-refractivity contribution in [2.45, 2.75) is 38.4 Å². The highest BCUT2D eigenvalue weighted by atomic mass is 16.5. The number of aryl methyl sites for hydroxylation is 1. The minimum absolute atomic E-state index is 0.140. The normalized spacial score (nSPS) is 18.0. The predicted molar refractivity (Wildman–Crippen MR) is 102 cm³/mol. The van der Waals surface area contributed by atoms with E-state index in [1.807, 2.05) is 30.3 Å². The summed E-state index contributed by atoms with van der Waals surface area (Å²) in [6.45, 7) is 5.35. The first-order chi connectivity index (χ1) is 12.2. The zero-order chi connectivity index (χ0) is 17.5. The molecule has 0 saturated carbocycles. The molecule has 134 valence electrons. The molecule has 0 radical (unpaired) electrons. The van der Waals surface area contributed by atoms with E-state index in [1.54, 1.807) is 0 Å². The number of likely N-dealkylation sites (tertiary alicyclic amines) is 1. The van der Waals surface area contributed by atoms with Crippen molar-refractivity contribution < 1.29 is 9.84 Å². The first kappa shape index (κ1) is 18.1. The van der Waals surface area contributed by atoms with Gasteiger partial charge in [0.2, 0.25) is 0 Å². The lowest BCUT2D eigenvalue weighted by atomic mass is 9.97. The van der Waals surface area contributed by atoms with Crippen molar-refractivity contribution in [1.82, 2.24) is 4.90 Å². The monoisotopic (exact) mass is 339 g/mol. The Hall–Kier alpha value is -1.68. The standard InChI is InChI=1S/C22H29NO2/c1-18-10-6-7-13-21(18)22(19-11-4-2-5-12-19)25-17-20(24)16-23-14-8-3-9-15-23/h2,4-7,10-13,20,22,24H,3,8-9,14-17H2,1H3/t20-,22-/m1/s1. The van der Waals surface area contributed by atoms with E-state index >= 15 is 0 Å². The molecule has 2 aromatic carbocycles. The van der Waals surface area contributed by atoms with Crippen LogP contribution in [0.15, 0.2) is 54.6 Å². The maximum atomic E-state index is 10.4. The summed E-state index contributed by atoms with van der Waals surface area (Å²) in [7, 11) is 0. The van der Waals surface area contributed by atoms with E-state index < -0.39 is 6.10 Å². The zero-order valence-electron chi connectivity index (χ0n) is 15.1. The Balaban J connectivity index is 1.67. The van der Waals surface area contributed by atoms with E-state index in [2.05, 4.69) is 36.1 Å². The van der Waals surface area contributed by atoms with Crippen LogP contribution in [0.25, 0.3) is 0 Å². The van der Waals surface area contributed by atoms with Gasteiger partial charge in [0.25, 0.3) is 0 Å². The Morgan fingerprint density at radius 2 is 1.64 bits per heavy atom. The Morgan fingerprint density at radius 1 is 0.960 bits per heavy atom. The summed E-state index contributed by atoms with van der Waals surface area (Å²) in [6.07, 6.45) is 3.20. The van der Waals surface area contributed by atoms with E-state index in [4.69, 9.17) is 4.74 Å². The summed E-state index contributed by atoms with van der Waals surface area (Å²) >= 11 is 0. The molecule has 1 heterocycles. The second-order valence-electron chi connectivity index (χ2n) is 7.00. The topological polar surface area (TPSA) is 32.7 Å². The van der Waals surface area contributed by atoms with E-state index in [1.165, 1.54) is 30.4 Å². The van der Waals surface area contributed by atoms with Gasteiger partial charge in [0.1, 0.15) is 6.10 Å². The second-order valence-corrected chi connectivity index (χ2v) is 7.00. The third-order valence-electron chi connectivity index (χ3n) is 4.95. The number of β-amino-alcohol motifs (C(OH)–C–C–N with tert-alkyl or cyclic N) is 1. The van der Waals surface area contributed by atoms with Crippen molar-refractivity contribution in [1.29, 1.82) is 0 Å². The van der Waals surface area contributed by atoms with Gasteiger partial charge in [0.05, 0.1) is 12.7 Å². The average Bonchev–Trinajstić information content (AvgIpc) is 2.65. The van der Waals surface area contributed by atoms with E-state index in [0.29, 0.717) is 13.2 Å². The van der Waals surface area contributed by atoms with Gasteiger partial charge in [-0.2, -0.15) is 0 Å². The number of rotatable bonds is 7. The summed E-state index contributed by atoms with van der Waals surface area (Å²) in [6, 6.07) is 18.6. The SMILES string of the molecule is Cc1ccccc1[C@H](OC[C@H](O)CN1CCCCC1)c1ccccc1. The van der Waals surface area contributed by atoms with Crippen LogP contribution in [0.4, 0.5) is 0 Å². The number of nitrogens with zero attached hydrogens (tertiary/aromatic N) is 1. The molecule has 3 heteroatoms. The highest BCUT2D eigenvalue weighted by molar-refractivity contribution is 5.35. The Bertz CT molecular complexity index is 637. The number of hydrogen-bond acceptors (Lipinski definition) is 3. The largest absolute Gasteiger partial charge is 0.389 e. The molecule has 2 atom stereocenters. The number of aliphatic hydroxyl groups is 1. The fourth-order valence-corrected chi connectivity index (χ4v) is 3.57. The van der Waals surface area contributed by atoms with Crippen molar-refractivity contribution in [2.24, 2.45) is 0 Å². The molecule has 2 aromatic rings. The molecule has 3 nitrogen and oxygen atoms in total. The molecule has 0 spiro atoms. The third kappa shape index (κ3) is 5.15. The maximum Gasteiger partial charge on any atom is 0.108 e. The third-order valence-corrected chi connectivity index (χ3v) is 4.95. The molecule has 1 N–H and O–H groups in total. The van der Waals surface area contributed by atoms with Crippen LogP contribution in [0, 0.1) is 6.92 Å². The fraction of sp³-hybridized carbons (Fsp3) is 0.455. The molecule has 0 unspecified atom stereocenters. The van der Waals surface area contributed by atoms with Gasteiger partial charge >= 0.3 is 0 Å². The van der Waals surface area contributed by atoms with Crippen LogP contribution in [0.5, 0.6) is 0 Å². The van der Waals surface area contributed by atoms with E-state index in [-0.39, 0.29) is 6.10 Å². The van der Waals surface area contributed by atoms with Gasteiger partial charge < -0.3 is 14.7 Å². The lowest BCUT2D eigenvalue weighted by Gasteiger charge is -2.29. The number of hydrogen-bond donors (Lipinski definition) is 1. The molecule has 0 aromatic heterocycles. The second kappa shape index (κ2) is 9.14. The molecule has 25 heavy (non-hydrogen) atoms. The summed E-state index contributed by atoms with van der Waals surface area (Å²) in [5.41, 5.74) is 3.50. The number of aliphatic hydroxyl groups excluding tert-OH is 1. The van der Waals surface area contributed by atoms with Crippen LogP contribution in [-0.4, -0.2) is 42.4 Å². The molecular weight excluding hydrogens is 310 g/mol. The molecule has 0 bridgehead atoms. The lowest BCUT2D eigenvalue weighted by Crippen LogP contribution is -2.38. The van der Waals surface area contributed by atoms with E-state index in [9.17, 15) is 5.11 Å². The van der Waals surface area contributed by atoms with Crippen LogP contribution in [-0.2, 0) is 4.74 Å². The average molecular weight is 339 g/mol. The lowest BCUT2D eigenvalue weighted by molar-refractivity contribution is -0.0106. The molecule has 0 aliphatic carbocycles. The first-order valence-electron chi connectivity index (χ1n) is 9.36. The quantitative estimate of drug-likeness (QED) is 0.829. The van der Waals surface area contributed by atoms with Gasteiger partial charge in [-0.25, -0.2) is 0 Å². The van der Waals surface area contributed by atoms with Gasteiger partial charge in [0, 0.05) is 6.54 Å². The van der Waals surface area contributed by atoms with Crippen molar-refractivity contribution in [2.75, 3.05) is 26.2 Å². The van der Waals surface area contributed by atoms with Crippen LogP contribution >= 0.6 is 0 Å². The summed E-state index contributed by atoms with van der Waals surface area (Å²) in [5, 5.41) is 10.4. The Labute approximate surface area is 151 Å². The molecule has 1 aliphatic heterocycles. The zero-order valence-corrected chi connectivity index (χ0v) is 15.1. The molecule has 1 aliphatic rings. The number of piperidine rings is 1. The van der Waals surface area contributed by atoms with Crippen molar-refractivity contribution in [3.05, 3.63) is 71.3 Å². The minimum Gasteiger partial charge on any atom is -0.389 e. The van der Waals surface area contributed by atoms with Crippen molar-refractivity contribution in [3.8, 4) is 0 Å². The Kier molecular flexibility index (Phi) is 6.62. The van der Waals surface area contributed by atoms with Gasteiger partial charge in [-0.15, -0.1) is 0 Å². The van der Waals surface area contributed by atoms with Crippen LogP contribution in [0.2, 0.25) is 0 Å². The summed E-state index contributed by atoms with van der Waals surface area (Å²) < 4.78 is 6.22. The minimum atomic E-state index is -0.451. The maximum absolute atomic E-state index is 10.4. The van der Waals surface area contributed by atoms with Crippen LogP contribution in [0.1, 0.15) is 42.1 Å². The molecular formula is C22H29NO2. The van der Waals surface area contributed by atoms with Crippen LogP contribution in [0.3, 0.4) is 0 Å². The van der Waals surface area contributed by atoms with Gasteiger partial charge in [0.15, 0.2) is 0 Å². The molecule has 1 saturated heterocycles. The highest BCUT2D eigenvalue weighted by Gasteiger charge is 2.20. The van der Waals surface area contributed by atoms with Gasteiger partial charge in [-0.05, 0) is 49.5 Å². The van der Waals surface area contributed by atoms with E-state index in [0.717, 1.165) is 18.7 Å². The van der Waals surface area contributed by atoms with Gasteiger partial charge in [-0.3, -0.25) is 0 Å². The van der Waals surface area contributed by atoms with Gasteiger partial charge in [-0.1, -0.05) is 61.0 Å². The molecule has 1 fully saturated rings. The molecule has 0 amide bonds. The summed E-state index contributed by atoms with van der Waals surface area (Å²) in [5.74, 6) is 0. The fourth-order valence-electron chi connectivity index (χ4n) is 3.57.